The van der Waals surface area contributed by atoms with Crippen molar-refractivity contribution in [2.45, 2.75) is 4.90 Å². The van der Waals surface area contributed by atoms with Gasteiger partial charge in [-0.05, 0) is 24.3 Å². The molecule has 0 saturated heterocycles. The maximum atomic E-state index is 12.0. The van der Waals surface area contributed by atoms with E-state index in [9.17, 15) is 8.42 Å². The Morgan fingerprint density at radius 1 is 0.950 bits per heavy atom. The predicted molar refractivity (Wildman–Crippen MR) is 69.3 cm³/mol. The first-order chi connectivity index (χ1) is 9.65. The molecule has 0 aliphatic rings. The number of nitrogens with one attached hydrogen (secondary N) is 1. The van der Waals surface area contributed by atoms with Gasteiger partial charge in [0.25, 0.3) is 10.0 Å². The number of nitrogens with zero attached hydrogens (tertiary/aromatic N) is 2. The highest BCUT2D eigenvalue weighted by atomic mass is 32.2. The molecule has 1 N–H and O–H groups in total. The summed E-state index contributed by atoms with van der Waals surface area (Å²) in [6.45, 7) is 0. The molecule has 0 amide bonds. The average molecular weight is 291 g/mol. The number of benzene rings is 1. The largest absolute Gasteiger partial charge is 0.445 e. The van der Waals surface area contributed by atoms with E-state index < -0.39 is 10.0 Å². The fraction of sp³-hybridized carbons (Fsp3) is 0. The Morgan fingerprint density at radius 3 is 2.25 bits per heavy atom. The molecule has 7 nitrogen and oxygen atoms in total. The normalized spacial score (nSPS) is 11.4. The van der Waals surface area contributed by atoms with E-state index >= 15 is 0 Å². The number of rotatable bonds is 4. The zero-order chi connectivity index (χ0) is 14.0. The topological polar surface area (TPSA) is 98.2 Å². The van der Waals surface area contributed by atoms with Gasteiger partial charge in [-0.2, -0.15) is 0 Å². The van der Waals surface area contributed by atoms with Gasteiger partial charge in [-0.3, -0.25) is 0 Å². The molecule has 0 spiro atoms. The fourth-order valence-corrected chi connectivity index (χ4v) is 2.53. The molecular formula is C12H9N3O4S. The van der Waals surface area contributed by atoms with Gasteiger partial charge in [0.05, 0.1) is 17.3 Å². The van der Waals surface area contributed by atoms with Crippen LogP contribution in [0.1, 0.15) is 0 Å². The van der Waals surface area contributed by atoms with E-state index in [0.717, 1.165) is 0 Å². The van der Waals surface area contributed by atoms with Crippen molar-refractivity contribution in [1.29, 1.82) is 0 Å². The van der Waals surface area contributed by atoms with Gasteiger partial charge in [-0.1, -0.05) is 0 Å². The van der Waals surface area contributed by atoms with E-state index in [1.807, 2.05) is 0 Å². The summed E-state index contributed by atoms with van der Waals surface area (Å²) >= 11 is 0. The standard InChI is InChI=1S/C12H9N3O4S/c16-20(17,15-12-14-6-8-19-12)10-3-1-9(2-4-10)11-13-5-7-18-11/h1-8H,(H,14,15). The van der Waals surface area contributed by atoms with E-state index in [0.29, 0.717) is 11.5 Å². The minimum atomic E-state index is -3.73. The molecule has 0 aliphatic carbocycles. The van der Waals surface area contributed by atoms with Crippen LogP contribution in [-0.2, 0) is 10.0 Å². The molecule has 0 atom stereocenters. The summed E-state index contributed by atoms with van der Waals surface area (Å²) in [7, 11) is -3.73. The summed E-state index contributed by atoms with van der Waals surface area (Å²) in [5.41, 5.74) is 0.685. The Hall–Kier alpha value is -2.61. The minimum absolute atomic E-state index is 0.0817. The van der Waals surface area contributed by atoms with Gasteiger partial charge in [0.15, 0.2) is 0 Å². The van der Waals surface area contributed by atoms with Crippen LogP contribution in [0, 0.1) is 0 Å². The average Bonchev–Trinajstić information content (AvgIpc) is 3.11. The molecule has 0 unspecified atom stereocenters. The number of aromatic nitrogens is 2. The summed E-state index contributed by atoms with van der Waals surface area (Å²) in [5, 5.41) is 0. The molecule has 3 aromatic rings. The van der Waals surface area contributed by atoms with Gasteiger partial charge in [-0.25, -0.2) is 23.1 Å². The third kappa shape index (κ3) is 2.41. The van der Waals surface area contributed by atoms with Crippen molar-refractivity contribution >= 4 is 16.0 Å². The molecule has 0 radical (unpaired) electrons. The van der Waals surface area contributed by atoms with Crippen LogP contribution >= 0.6 is 0 Å². The zero-order valence-corrected chi connectivity index (χ0v) is 10.9. The van der Waals surface area contributed by atoms with Gasteiger partial charge in [0, 0.05) is 5.56 Å². The molecule has 0 saturated carbocycles. The highest BCUT2D eigenvalue weighted by molar-refractivity contribution is 7.92. The molecule has 0 aliphatic heterocycles. The van der Waals surface area contributed by atoms with Crippen LogP contribution in [0.4, 0.5) is 6.01 Å². The summed E-state index contributed by atoms with van der Waals surface area (Å²) in [6, 6.07) is 6.03. The number of sulfonamides is 1. The highest BCUT2D eigenvalue weighted by Crippen LogP contribution is 2.20. The van der Waals surface area contributed by atoms with Crippen LogP contribution in [0.3, 0.4) is 0 Å². The maximum Gasteiger partial charge on any atom is 0.308 e. The second kappa shape index (κ2) is 4.82. The minimum Gasteiger partial charge on any atom is -0.445 e. The first kappa shape index (κ1) is 12.4. The monoisotopic (exact) mass is 291 g/mol. The molecule has 8 heteroatoms. The molecule has 0 bridgehead atoms. The van der Waals surface area contributed by atoms with Crippen molar-refractivity contribution in [3.8, 4) is 11.5 Å². The predicted octanol–water partition coefficient (Wildman–Crippen LogP) is 2.13. The number of anilines is 1. The smallest absolute Gasteiger partial charge is 0.308 e. The second-order valence-electron chi connectivity index (χ2n) is 3.80. The van der Waals surface area contributed by atoms with Crippen molar-refractivity contribution in [2.75, 3.05) is 4.72 Å². The van der Waals surface area contributed by atoms with Crippen LogP contribution in [0.5, 0.6) is 0 Å². The van der Waals surface area contributed by atoms with Crippen LogP contribution in [-0.4, -0.2) is 18.4 Å². The molecule has 102 valence electrons. The Balaban J connectivity index is 1.87. The molecule has 3 rings (SSSR count). The zero-order valence-electron chi connectivity index (χ0n) is 10.1. The van der Waals surface area contributed by atoms with Gasteiger partial charge >= 0.3 is 6.01 Å². The van der Waals surface area contributed by atoms with E-state index in [2.05, 4.69) is 14.7 Å². The van der Waals surface area contributed by atoms with Gasteiger partial charge in [0.2, 0.25) is 5.89 Å². The first-order valence-corrected chi connectivity index (χ1v) is 7.06. The van der Waals surface area contributed by atoms with Crippen LogP contribution in [0.15, 0.2) is 62.9 Å². The molecule has 20 heavy (non-hydrogen) atoms. The fourth-order valence-electron chi connectivity index (χ4n) is 1.59. The van der Waals surface area contributed by atoms with Crippen LogP contribution in [0.2, 0.25) is 0 Å². The van der Waals surface area contributed by atoms with Crippen molar-refractivity contribution < 1.29 is 17.3 Å². The van der Waals surface area contributed by atoms with E-state index in [1.165, 1.54) is 37.1 Å². The summed E-state index contributed by atoms with van der Waals surface area (Å²) in [4.78, 5) is 7.77. The van der Waals surface area contributed by atoms with E-state index in [1.54, 1.807) is 12.1 Å². The van der Waals surface area contributed by atoms with Crippen LogP contribution < -0.4 is 4.72 Å². The third-order valence-electron chi connectivity index (χ3n) is 2.50. The third-order valence-corrected chi connectivity index (χ3v) is 3.83. The quantitative estimate of drug-likeness (QED) is 0.790. The van der Waals surface area contributed by atoms with Crippen molar-refractivity contribution in [2.24, 2.45) is 0 Å². The van der Waals surface area contributed by atoms with Gasteiger partial charge in [0.1, 0.15) is 12.5 Å². The molecule has 1 aromatic carbocycles. The molecular weight excluding hydrogens is 282 g/mol. The maximum absolute atomic E-state index is 12.0. The van der Waals surface area contributed by atoms with Gasteiger partial charge in [-0.15, -0.1) is 0 Å². The second-order valence-corrected chi connectivity index (χ2v) is 5.49. The lowest BCUT2D eigenvalue weighted by Gasteiger charge is -2.04. The SMILES string of the molecule is O=S(=O)(Nc1ncco1)c1ccc(-c2ncco2)cc1. The number of hydrogen-bond donors (Lipinski definition) is 1. The lowest BCUT2D eigenvalue weighted by Crippen LogP contribution is -2.12. The molecule has 2 aromatic heterocycles. The summed E-state index contributed by atoms with van der Waals surface area (Å²) in [6.07, 6.45) is 5.60. The van der Waals surface area contributed by atoms with E-state index in [4.69, 9.17) is 8.83 Å². The van der Waals surface area contributed by atoms with Crippen molar-refractivity contribution in [3.63, 3.8) is 0 Å². The Bertz CT molecular complexity index is 778. The molecule has 0 fully saturated rings. The number of hydrogen-bond acceptors (Lipinski definition) is 6. The summed E-state index contributed by atoms with van der Waals surface area (Å²) in [5.74, 6) is 0.426. The highest BCUT2D eigenvalue weighted by Gasteiger charge is 2.16. The Morgan fingerprint density at radius 2 is 1.65 bits per heavy atom. The lowest BCUT2D eigenvalue weighted by molar-refractivity contribution is 0.569. The molecule has 2 heterocycles. The van der Waals surface area contributed by atoms with Gasteiger partial charge < -0.3 is 8.83 Å². The van der Waals surface area contributed by atoms with Crippen molar-refractivity contribution in [3.05, 3.63) is 49.2 Å². The summed E-state index contributed by atoms with van der Waals surface area (Å²) < 4.78 is 36.3. The Labute approximate surface area is 114 Å². The van der Waals surface area contributed by atoms with Crippen LogP contribution in [0.25, 0.3) is 11.5 Å². The van der Waals surface area contributed by atoms with E-state index in [-0.39, 0.29) is 10.9 Å². The lowest BCUT2D eigenvalue weighted by atomic mass is 10.2. The number of oxazole rings is 2. The Kier molecular flexibility index (Phi) is 2.99. The van der Waals surface area contributed by atoms with Crippen molar-refractivity contribution in [1.82, 2.24) is 9.97 Å². The first-order valence-electron chi connectivity index (χ1n) is 5.57.